The van der Waals surface area contributed by atoms with Gasteiger partial charge in [-0.25, -0.2) is 28.7 Å². The number of halogens is 2. The van der Waals surface area contributed by atoms with Gasteiger partial charge in [-0.05, 0) is 84.7 Å². The van der Waals surface area contributed by atoms with E-state index in [1.54, 1.807) is 25.1 Å². The van der Waals surface area contributed by atoms with E-state index in [0.29, 0.717) is 40.0 Å². The van der Waals surface area contributed by atoms with Gasteiger partial charge in [-0.2, -0.15) is 0 Å². The molecular weight excluding hydrogens is 588 g/mol. The fourth-order valence-corrected chi connectivity index (χ4v) is 7.35. The minimum Gasteiger partial charge on any atom is -0.338 e. The fourth-order valence-electron chi connectivity index (χ4n) is 7.35. The van der Waals surface area contributed by atoms with E-state index in [2.05, 4.69) is 42.1 Å². The molecule has 1 amide bonds. The summed E-state index contributed by atoms with van der Waals surface area (Å²) in [5, 5.41) is 3.03. The Morgan fingerprint density at radius 2 is 1.76 bits per heavy atom. The smallest absolute Gasteiger partial charge is 0.255 e. The van der Waals surface area contributed by atoms with Gasteiger partial charge >= 0.3 is 0 Å². The zero-order chi connectivity index (χ0) is 32.3. The van der Waals surface area contributed by atoms with Crippen LogP contribution in [0.5, 0.6) is 0 Å². The number of aromatic nitrogens is 5. The molecule has 0 unspecified atom stereocenters. The van der Waals surface area contributed by atoms with Crippen LogP contribution in [0.3, 0.4) is 0 Å². The summed E-state index contributed by atoms with van der Waals surface area (Å²) in [5.41, 5.74) is 2.59. The number of nitrogens with one attached hydrogen (secondary N) is 1. The predicted molar refractivity (Wildman–Crippen MR) is 173 cm³/mol. The second-order valence-electron chi connectivity index (χ2n) is 13.4. The van der Waals surface area contributed by atoms with E-state index in [0.717, 1.165) is 51.8 Å². The van der Waals surface area contributed by atoms with E-state index in [-0.39, 0.29) is 34.7 Å². The Labute approximate surface area is 267 Å². The standard InChI is InChI=1S/C34H41F2N9O/c1-20(2)45-22(4)39-31-26(35)16-23(17-28(31)45)30-27(36)18-37-33(41-30)40-29-7-6-25(21(3)38-29)32(46)43-12-8-24(9-13-43)44-15-14-42(5)34(19-44)10-11-34/h6-7,16-18,20,24H,8-15,19H2,1-5H3,(H,37,38,40,41). The molecule has 7 rings (SSSR count). The lowest BCUT2D eigenvalue weighted by Crippen LogP contribution is -2.58. The number of carbonyl (C=O) groups excluding carboxylic acids is 1. The molecule has 12 heteroatoms. The number of aryl methyl sites for hydroxylation is 2. The fraction of sp³-hybridized carbons (Fsp3) is 0.500. The molecule has 5 heterocycles. The molecule has 1 N–H and O–H groups in total. The van der Waals surface area contributed by atoms with E-state index in [9.17, 15) is 9.18 Å². The van der Waals surface area contributed by atoms with E-state index < -0.39 is 11.6 Å². The first kappa shape index (κ1) is 30.6. The van der Waals surface area contributed by atoms with Crippen LogP contribution in [0.25, 0.3) is 22.3 Å². The molecule has 3 fully saturated rings. The number of rotatable bonds is 6. The Kier molecular flexibility index (Phi) is 7.75. The maximum Gasteiger partial charge on any atom is 0.255 e. The first-order chi connectivity index (χ1) is 22.0. The Hall–Kier alpha value is -4.03. The van der Waals surface area contributed by atoms with Gasteiger partial charge in [-0.1, -0.05) is 0 Å². The van der Waals surface area contributed by atoms with Crippen LogP contribution in [-0.4, -0.2) is 96.5 Å². The highest BCUT2D eigenvalue weighted by atomic mass is 19.1. The normalized spacial score (nSPS) is 19.0. The number of likely N-dealkylation sites (tertiary alicyclic amines) is 1. The summed E-state index contributed by atoms with van der Waals surface area (Å²) >= 11 is 0. The number of piperazine rings is 1. The molecule has 2 saturated heterocycles. The summed E-state index contributed by atoms with van der Waals surface area (Å²) in [5.74, 6) is -0.0302. The van der Waals surface area contributed by atoms with Gasteiger partial charge in [0, 0.05) is 55.9 Å². The van der Waals surface area contributed by atoms with Crippen molar-refractivity contribution in [2.45, 2.75) is 71.0 Å². The summed E-state index contributed by atoms with van der Waals surface area (Å²) in [6, 6.07) is 6.98. The van der Waals surface area contributed by atoms with E-state index >= 15 is 4.39 Å². The second-order valence-corrected chi connectivity index (χ2v) is 13.4. The van der Waals surface area contributed by atoms with Gasteiger partial charge < -0.3 is 14.8 Å². The molecule has 1 aliphatic carbocycles. The Bertz CT molecular complexity index is 1810. The molecule has 10 nitrogen and oxygen atoms in total. The van der Waals surface area contributed by atoms with Gasteiger partial charge in [0.1, 0.15) is 22.9 Å². The summed E-state index contributed by atoms with van der Waals surface area (Å²) in [6.07, 6.45) is 5.61. The number of nitrogens with zero attached hydrogens (tertiary/aromatic N) is 8. The number of benzene rings is 1. The lowest BCUT2D eigenvalue weighted by molar-refractivity contribution is 0.0254. The van der Waals surface area contributed by atoms with Crippen molar-refractivity contribution in [1.82, 2.24) is 39.2 Å². The van der Waals surface area contributed by atoms with Crippen molar-refractivity contribution in [2.24, 2.45) is 0 Å². The maximum absolute atomic E-state index is 15.1. The molecule has 242 valence electrons. The van der Waals surface area contributed by atoms with Crippen LogP contribution in [-0.2, 0) is 0 Å². The lowest BCUT2D eigenvalue weighted by atomic mass is 9.99. The molecule has 4 aromatic rings. The number of hydrogen-bond donors (Lipinski definition) is 1. The van der Waals surface area contributed by atoms with E-state index in [4.69, 9.17) is 0 Å². The van der Waals surface area contributed by atoms with Crippen LogP contribution in [0.1, 0.15) is 67.4 Å². The predicted octanol–water partition coefficient (Wildman–Crippen LogP) is 5.49. The second kappa shape index (κ2) is 11.6. The molecule has 1 aromatic carbocycles. The summed E-state index contributed by atoms with van der Waals surface area (Å²) < 4.78 is 32.0. The molecule has 3 aromatic heterocycles. The first-order valence-corrected chi connectivity index (χ1v) is 16.2. The highest BCUT2D eigenvalue weighted by molar-refractivity contribution is 5.95. The number of imidazole rings is 1. The van der Waals surface area contributed by atoms with Crippen molar-refractivity contribution in [3.63, 3.8) is 0 Å². The van der Waals surface area contributed by atoms with E-state index in [1.165, 1.54) is 18.9 Å². The molecule has 0 atom stereocenters. The Balaban J connectivity index is 1.04. The summed E-state index contributed by atoms with van der Waals surface area (Å²) in [4.78, 5) is 38.0. The molecule has 1 saturated carbocycles. The number of hydrogen-bond acceptors (Lipinski definition) is 8. The Morgan fingerprint density at radius 1 is 1.00 bits per heavy atom. The number of piperidine rings is 1. The number of anilines is 2. The number of fused-ring (bicyclic) bond motifs is 1. The molecule has 2 aliphatic heterocycles. The Morgan fingerprint density at radius 3 is 2.46 bits per heavy atom. The third-order valence-electron chi connectivity index (χ3n) is 10.1. The van der Waals surface area contributed by atoms with Crippen molar-refractivity contribution >= 4 is 28.7 Å². The molecule has 0 bridgehead atoms. The van der Waals surface area contributed by atoms with Crippen molar-refractivity contribution in [1.29, 1.82) is 0 Å². The third kappa shape index (κ3) is 5.51. The highest BCUT2D eigenvalue weighted by Crippen LogP contribution is 2.44. The minimum absolute atomic E-state index is 0.0133. The maximum atomic E-state index is 15.1. The molecule has 46 heavy (non-hydrogen) atoms. The average Bonchev–Trinajstić information content (AvgIpc) is 3.72. The number of amides is 1. The molecular formula is C34H41F2N9O. The SMILES string of the molecule is Cc1nc(Nc2ncc(F)c(-c3cc(F)c4nc(C)n(C(C)C)c4c3)n2)ccc1C(=O)N1CCC(N2CCN(C)C3(CC3)C2)CC1. The van der Waals surface area contributed by atoms with Crippen LogP contribution in [0, 0.1) is 25.5 Å². The van der Waals surface area contributed by atoms with Crippen molar-refractivity contribution < 1.29 is 13.6 Å². The topological polar surface area (TPSA) is 95.3 Å². The van der Waals surface area contributed by atoms with Crippen LogP contribution >= 0.6 is 0 Å². The van der Waals surface area contributed by atoms with Crippen LogP contribution < -0.4 is 5.32 Å². The molecule has 0 radical (unpaired) electrons. The number of likely N-dealkylation sites (N-methyl/N-ethyl adjacent to an activating group) is 1. The number of carbonyl (C=O) groups is 1. The van der Waals surface area contributed by atoms with Crippen molar-refractivity contribution in [3.05, 3.63) is 59.2 Å². The van der Waals surface area contributed by atoms with Crippen molar-refractivity contribution in [3.8, 4) is 11.3 Å². The van der Waals surface area contributed by atoms with Gasteiger partial charge in [-0.3, -0.25) is 14.6 Å². The lowest BCUT2D eigenvalue weighted by Gasteiger charge is -2.46. The van der Waals surface area contributed by atoms with Gasteiger partial charge in [0.25, 0.3) is 5.91 Å². The van der Waals surface area contributed by atoms with Gasteiger partial charge in [-0.15, -0.1) is 0 Å². The quantitative estimate of drug-likeness (QED) is 0.299. The number of pyridine rings is 1. The molecule has 3 aliphatic rings. The van der Waals surface area contributed by atoms with Gasteiger partial charge in [0.15, 0.2) is 11.6 Å². The minimum atomic E-state index is -0.676. The van der Waals surface area contributed by atoms with Crippen LogP contribution in [0.2, 0.25) is 0 Å². The van der Waals surface area contributed by atoms with E-state index in [1.807, 2.05) is 30.2 Å². The summed E-state index contributed by atoms with van der Waals surface area (Å²) in [7, 11) is 2.25. The highest BCUT2D eigenvalue weighted by Gasteiger charge is 2.50. The first-order valence-electron chi connectivity index (χ1n) is 16.2. The van der Waals surface area contributed by atoms with Crippen LogP contribution in [0.15, 0.2) is 30.5 Å². The summed E-state index contributed by atoms with van der Waals surface area (Å²) in [6.45, 7) is 12.4. The van der Waals surface area contributed by atoms with Gasteiger partial charge in [0.05, 0.1) is 23.0 Å². The largest absolute Gasteiger partial charge is 0.338 e. The average molecular weight is 630 g/mol. The zero-order valence-electron chi connectivity index (χ0n) is 27.1. The third-order valence-corrected chi connectivity index (χ3v) is 10.1. The van der Waals surface area contributed by atoms with Gasteiger partial charge in [0.2, 0.25) is 5.95 Å². The van der Waals surface area contributed by atoms with Crippen LogP contribution in [0.4, 0.5) is 20.5 Å². The molecule has 1 spiro atoms. The monoisotopic (exact) mass is 629 g/mol. The van der Waals surface area contributed by atoms with Crippen molar-refractivity contribution in [2.75, 3.05) is 45.1 Å². The zero-order valence-corrected chi connectivity index (χ0v) is 27.1.